The topological polar surface area (TPSA) is 104 Å². The van der Waals surface area contributed by atoms with Crippen molar-refractivity contribution in [3.05, 3.63) is 76.6 Å². The number of hydrogen-bond donors (Lipinski definition) is 3. The average molecular weight is 396 g/mol. The van der Waals surface area contributed by atoms with Crippen LogP contribution < -0.4 is 11.1 Å². The zero-order valence-corrected chi connectivity index (χ0v) is 15.4. The highest BCUT2D eigenvalue weighted by atomic mass is 19.3. The number of halogens is 2. The van der Waals surface area contributed by atoms with Crippen molar-refractivity contribution in [3.8, 4) is 6.07 Å². The minimum atomic E-state index is -2.76. The van der Waals surface area contributed by atoms with Crippen LogP contribution in [0.15, 0.2) is 48.8 Å². The highest BCUT2D eigenvalue weighted by Crippen LogP contribution is 2.35. The fourth-order valence-electron chi connectivity index (χ4n) is 3.63. The van der Waals surface area contributed by atoms with Crippen molar-refractivity contribution in [3.63, 3.8) is 0 Å². The van der Waals surface area contributed by atoms with Gasteiger partial charge in [0.2, 0.25) is 0 Å². The van der Waals surface area contributed by atoms with Crippen LogP contribution in [0.2, 0.25) is 0 Å². The summed E-state index contributed by atoms with van der Waals surface area (Å²) in [7, 11) is 0. The summed E-state index contributed by atoms with van der Waals surface area (Å²) >= 11 is 0. The van der Waals surface area contributed by atoms with E-state index < -0.39 is 6.55 Å². The molecule has 8 heteroatoms. The molecule has 0 amide bonds. The van der Waals surface area contributed by atoms with Crippen molar-refractivity contribution < 1.29 is 11.6 Å². The van der Waals surface area contributed by atoms with Crippen molar-refractivity contribution in [2.45, 2.75) is 25.4 Å². The van der Waals surface area contributed by atoms with Crippen LogP contribution in [0.1, 0.15) is 49.7 Å². The third kappa shape index (κ3) is 3.55. The number of nitrogen functional groups attached to an aromatic ring is 1. The molecule has 0 saturated heterocycles. The summed E-state index contributed by atoms with van der Waals surface area (Å²) in [6, 6.07) is 13.2. The molecule has 0 radical (unpaired) electrons. The second kappa shape index (κ2) is 7.36. The Morgan fingerprint density at radius 3 is 2.90 bits per heavy atom. The average Bonchev–Trinajstić information content (AvgIpc) is 3.36. The van der Waals surface area contributed by atoms with E-state index in [1.807, 2.05) is 24.3 Å². The molecule has 1 aliphatic carbocycles. The van der Waals surface area contributed by atoms with Crippen LogP contribution in [0.4, 0.5) is 20.2 Å². The first-order valence-electron chi connectivity index (χ1n) is 9.07. The molecule has 0 bridgehead atoms. The maximum absolute atomic E-state index is 12.8. The monoisotopic (exact) mass is 396 g/mol. The predicted octanol–water partition coefficient (Wildman–Crippen LogP) is 4.74. The van der Waals surface area contributed by atoms with E-state index in [1.54, 1.807) is 12.1 Å². The first-order valence-corrected chi connectivity index (χ1v) is 9.07. The maximum Gasteiger partial charge on any atom is 0.333 e. The number of hydrogen-bond acceptors (Lipinski definition) is 5. The molecule has 29 heavy (non-hydrogen) atoms. The van der Waals surface area contributed by atoms with Crippen LogP contribution in [-0.4, -0.2) is 15.5 Å². The van der Waals surface area contributed by atoms with Gasteiger partial charge in [-0.15, -0.1) is 0 Å². The van der Waals surface area contributed by atoms with Gasteiger partial charge in [0.1, 0.15) is 0 Å². The molecule has 0 saturated carbocycles. The van der Waals surface area contributed by atoms with E-state index in [4.69, 9.17) is 16.4 Å². The number of nitrogens with zero attached hydrogens (tertiary/aromatic N) is 3. The lowest BCUT2D eigenvalue weighted by molar-refractivity contribution is 0.0566. The molecule has 2 aromatic carbocycles. The van der Waals surface area contributed by atoms with Gasteiger partial charge in [0.15, 0.2) is 0 Å². The van der Waals surface area contributed by atoms with E-state index in [2.05, 4.69) is 16.5 Å². The minimum Gasteiger partial charge on any atom is -0.398 e. The molecule has 1 heterocycles. The largest absolute Gasteiger partial charge is 0.398 e. The van der Waals surface area contributed by atoms with Gasteiger partial charge in [-0.05, 0) is 54.3 Å². The molecule has 3 aromatic rings. The molecule has 0 fully saturated rings. The van der Waals surface area contributed by atoms with Crippen molar-refractivity contribution in [2.24, 2.45) is 0 Å². The number of anilines is 2. The second-order valence-electron chi connectivity index (χ2n) is 6.92. The third-order valence-electron chi connectivity index (χ3n) is 5.10. The summed E-state index contributed by atoms with van der Waals surface area (Å²) in [5, 5.41) is 24.5. The van der Waals surface area contributed by atoms with Crippen LogP contribution in [0, 0.1) is 16.7 Å². The molecule has 150 valence electrons. The van der Waals surface area contributed by atoms with Crippen LogP contribution in [-0.2, 0) is 6.42 Å². The lowest BCUT2D eigenvalue weighted by Crippen LogP contribution is -2.10. The third-order valence-corrected chi connectivity index (χ3v) is 5.10. The van der Waals surface area contributed by atoms with Gasteiger partial charge in [0, 0.05) is 31.6 Å². The second-order valence-corrected chi connectivity index (χ2v) is 6.92. The summed E-state index contributed by atoms with van der Waals surface area (Å²) in [4.78, 5) is 0. The normalized spacial score (nSPS) is 15.2. The number of alkyl halides is 2. The Kier molecular flexibility index (Phi) is 4.72. The van der Waals surface area contributed by atoms with E-state index in [-0.39, 0.29) is 20.2 Å². The number of benzene rings is 2. The maximum atomic E-state index is 12.8. The zero-order chi connectivity index (χ0) is 20.5. The van der Waals surface area contributed by atoms with Gasteiger partial charge < -0.3 is 11.1 Å². The molecule has 1 aromatic heterocycles. The van der Waals surface area contributed by atoms with Gasteiger partial charge in [0.05, 0.1) is 29.6 Å². The molecule has 1 aliphatic rings. The van der Waals surface area contributed by atoms with Gasteiger partial charge in [-0.25, -0.2) is 4.68 Å². The molecule has 1 atom stereocenters. The molecular weight excluding hydrogens is 374 g/mol. The highest BCUT2D eigenvalue weighted by Gasteiger charge is 2.23. The summed E-state index contributed by atoms with van der Waals surface area (Å²) in [5.74, 6) is 0. The Labute approximate surface area is 169 Å². The SMILES string of the molecule is N#Cc1ccc2c(c1)CC[C@H]2Nc1ccc(N)c(C(=N)c2cnn(C(F)F)c2)c1.[HH].[HH]. The van der Waals surface area contributed by atoms with Crippen LogP contribution in [0.3, 0.4) is 0 Å². The smallest absolute Gasteiger partial charge is 0.333 e. The number of rotatable bonds is 5. The molecule has 4 N–H and O–H groups in total. The zero-order valence-electron chi connectivity index (χ0n) is 15.4. The van der Waals surface area contributed by atoms with Crippen molar-refractivity contribution in [2.75, 3.05) is 11.1 Å². The van der Waals surface area contributed by atoms with Crippen LogP contribution in [0.25, 0.3) is 0 Å². The Hall–Kier alpha value is -3.73. The summed E-state index contributed by atoms with van der Waals surface area (Å²) < 4.78 is 26.0. The number of aromatic nitrogens is 2. The van der Waals surface area contributed by atoms with Gasteiger partial charge in [0.25, 0.3) is 0 Å². The molecule has 0 unspecified atom stereocenters. The van der Waals surface area contributed by atoms with E-state index in [0.29, 0.717) is 21.5 Å². The van der Waals surface area contributed by atoms with Gasteiger partial charge >= 0.3 is 6.55 Å². The van der Waals surface area contributed by atoms with Crippen LogP contribution >= 0.6 is 0 Å². The first kappa shape index (κ1) is 18.6. The van der Waals surface area contributed by atoms with E-state index >= 15 is 0 Å². The van der Waals surface area contributed by atoms with Gasteiger partial charge in [-0.1, -0.05) is 6.07 Å². The van der Waals surface area contributed by atoms with Crippen LogP contribution in [0.5, 0.6) is 0 Å². The number of nitriles is 1. The number of nitrogens with one attached hydrogen (secondary N) is 2. The number of aryl methyl sites for hydroxylation is 1. The first-order chi connectivity index (χ1) is 14.0. The Bertz CT molecular complexity index is 1140. The highest BCUT2D eigenvalue weighted by molar-refractivity contribution is 6.14. The molecule has 4 rings (SSSR count). The van der Waals surface area contributed by atoms with E-state index in [0.717, 1.165) is 35.9 Å². The van der Waals surface area contributed by atoms with E-state index in [9.17, 15) is 8.78 Å². The van der Waals surface area contributed by atoms with Crippen molar-refractivity contribution in [1.82, 2.24) is 9.78 Å². The van der Waals surface area contributed by atoms with Crippen molar-refractivity contribution in [1.29, 1.82) is 10.7 Å². The van der Waals surface area contributed by atoms with E-state index in [1.165, 1.54) is 6.20 Å². The number of nitrogens with two attached hydrogens (primary N) is 1. The summed E-state index contributed by atoms with van der Waals surface area (Å²) in [5.41, 5.74) is 10.9. The standard InChI is InChI=1S/C21H18F2N6.2H2/c22-21(23)29-11-14(10-27-29)20(26)17-8-15(3-5-18(17)25)28-19-6-2-13-7-12(9-24)1-4-16(13)19;;/h1,3-5,7-8,10-11,19,21,26,28H,2,6,25H2;2*1H/t19-;;/m1../s1. The molecule has 0 spiro atoms. The quantitative estimate of drug-likeness (QED) is 0.428. The predicted molar refractivity (Wildman–Crippen MR) is 110 cm³/mol. The Morgan fingerprint density at radius 2 is 2.17 bits per heavy atom. The summed E-state index contributed by atoms with van der Waals surface area (Å²) in [6.45, 7) is -2.76. The van der Waals surface area contributed by atoms with Crippen molar-refractivity contribution >= 4 is 17.1 Å². The molecular formula is C21H22F2N6. The lowest BCUT2D eigenvalue weighted by atomic mass is 10.0. The lowest BCUT2D eigenvalue weighted by Gasteiger charge is -2.17. The molecule has 6 nitrogen and oxygen atoms in total. The Balaban J connectivity index is 0.00000171. The fourth-order valence-corrected chi connectivity index (χ4v) is 3.63. The molecule has 0 aliphatic heterocycles. The number of fused-ring (bicyclic) bond motifs is 1. The Morgan fingerprint density at radius 1 is 1.34 bits per heavy atom. The van der Waals surface area contributed by atoms with Gasteiger partial charge in [-0.2, -0.15) is 19.1 Å². The van der Waals surface area contributed by atoms with Gasteiger partial charge in [-0.3, -0.25) is 5.41 Å². The summed E-state index contributed by atoms with van der Waals surface area (Å²) in [6.07, 6.45) is 4.14. The fraction of sp³-hybridized carbons (Fsp3) is 0.190. The minimum absolute atomic E-state index is 0.